The first-order chi connectivity index (χ1) is 18.8. The van der Waals surface area contributed by atoms with Crippen molar-refractivity contribution < 1.29 is 55.6 Å². The summed E-state index contributed by atoms with van der Waals surface area (Å²) in [4.78, 5) is 25.3. The fourth-order valence-corrected chi connectivity index (χ4v) is 3.31. The van der Waals surface area contributed by atoms with Crippen molar-refractivity contribution in [2.45, 2.75) is 38.7 Å². The summed E-state index contributed by atoms with van der Waals surface area (Å²) in [5.74, 6) is -4.14. The molecule has 0 heterocycles. The van der Waals surface area contributed by atoms with Gasteiger partial charge in [0.2, 0.25) is 0 Å². The number of halogens is 5. The van der Waals surface area contributed by atoms with Gasteiger partial charge in [0.1, 0.15) is 24.7 Å². The van der Waals surface area contributed by atoms with Gasteiger partial charge in [-0.1, -0.05) is 12.1 Å². The lowest BCUT2D eigenvalue weighted by molar-refractivity contribution is -0.274. The number of rotatable bonds is 16. The van der Waals surface area contributed by atoms with Gasteiger partial charge in [0.15, 0.2) is 6.10 Å². The molecule has 2 rings (SSSR count). The van der Waals surface area contributed by atoms with Crippen molar-refractivity contribution in [2.24, 2.45) is 0 Å². The number of urea groups is 1. The third kappa shape index (κ3) is 12.9. The van der Waals surface area contributed by atoms with Gasteiger partial charge in [-0.3, -0.25) is 0 Å². The number of carbonyl (C=O) groups is 2. The minimum absolute atomic E-state index is 0.00572. The fraction of sp³-hybridized carbons (Fsp3) is 0.462. The lowest BCUT2D eigenvalue weighted by Crippen LogP contribution is -2.40. The van der Waals surface area contributed by atoms with Gasteiger partial charge >= 0.3 is 18.4 Å². The maximum absolute atomic E-state index is 13.0. The number of benzene rings is 2. The predicted octanol–water partition coefficient (Wildman–Crippen LogP) is 5.20. The number of alkyl halides is 5. The summed E-state index contributed by atoms with van der Waals surface area (Å²) in [6.45, 7) is 1.56. The topological polar surface area (TPSA) is 107 Å². The molecule has 40 heavy (non-hydrogen) atoms. The number of amides is 2. The van der Waals surface area contributed by atoms with Crippen LogP contribution in [0.2, 0.25) is 0 Å². The average Bonchev–Trinajstić information content (AvgIpc) is 2.85. The Morgan fingerprint density at radius 2 is 1.55 bits per heavy atom. The summed E-state index contributed by atoms with van der Waals surface area (Å²) in [6, 6.07) is 10.4. The van der Waals surface area contributed by atoms with E-state index in [0.717, 1.165) is 12.1 Å². The van der Waals surface area contributed by atoms with Crippen LogP contribution >= 0.6 is 0 Å². The molecule has 0 radical (unpaired) electrons. The average molecular weight is 579 g/mol. The zero-order valence-corrected chi connectivity index (χ0v) is 21.9. The summed E-state index contributed by atoms with van der Waals surface area (Å²) >= 11 is 0. The molecule has 1 atom stereocenters. The maximum atomic E-state index is 13.0. The Balaban J connectivity index is 1.96. The number of anilines is 1. The molecule has 9 nitrogen and oxygen atoms in total. The smallest absolute Gasteiger partial charge is 0.492 e. The fourth-order valence-electron chi connectivity index (χ4n) is 3.31. The van der Waals surface area contributed by atoms with Gasteiger partial charge in [0, 0.05) is 32.2 Å². The Bertz CT molecular complexity index is 1060. The van der Waals surface area contributed by atoms with Crippen LogP contribution in [0.5, 0.6) is 11.5 Å². The van der Waals surface area contributed by atoms with Crippen molar-refractivity contribution in [1.82, 2.24) is 4.90 Å². The Kier molecular flexibility index (Phi) is 12.4. The van der Waals surface area contributed by atoms with Crippen LogP contribution in [0.4, 0.5) is 32.4 Å². The highest BCUT2D eigenvalue weighted by Gasteiger charge is 2.31. The molecule has 0 aliphatic heterocycles. The molecule has 0 fully saturated rings. The molecule has 0 aromatic heterocycles. The van der Waals surface area contributed by atoms with Crippen molar-refractivity contribution >= 4 is 17.7 Å². The van der Waals surface area contributed by atoms with Crippen molar-refractivity contribution in [3.63, 3.8) is 0 Å². The van der Waals surface area contributed by atoms with E-state index < -0.39 is 42.7 Å². The molecule has 0 saturated carbocycles. The van der Waals surface area contributed by atoms with E-state index in [-0.39, 0.29) is 45.0 Å². The number of ether oxygens (including phenoxy) is 4. The number of hydrogen-bond donors (Lipinski definition) is 2. The zero-order valence-electron chi connectivity index (χ0n) is 21.9. The number of carboxylic acid groups (broad SMARTS) is 1. The third-order valence-electron chi connectivity index (χ3n) is 5.11. The Hall–Kier alpha value is -3.65. The van der Waals surface area contributed by atoms with E-state index in [9.17, 15) is 36.6 Å². The monoisotopic (exact) mass is 578 g/mol. The Morgan fingerprint density at radius 3 is 2.10 bits per heavy atom. The molecule has 0 bridgehead atoms. The second-order valence-corrected chi connectivity index (χ2v) is 8.59. The molecular formula is C26H31F5N2O7. The third-order valence-corrected chi connectivity index (χ3v) is 5.11. The first kappa shape index (κ1) is 32.6. The van der Waals surface area contributed by atoms with Crippen molar-refractivity contribution in [3.8, 4) is 11.5 Å². The second-order valence-electron chi connectivity index (χ2n) is 8.59. The SMILES string of the molecule is CCOC(Cc1ccc(OCCN(CCOCC(C)(F)F)C(=O)Nc2ccc(OC(F)(F)F)cc2)cc1)C(=O)O. The van der Waals surface area contributed by atoms with Crippen LogP contribution in [-0.2, 0) is 20.7 Å². The van der Waals surface area contributed by atoms with Crippen LogP contribution in [0.15, 0.2) is 48.5 Å². The number of hydrogen-bond acceptors (Lipinski definition) is 6. The van der Waals surface area contributed by atoms with Crippen molar-refractivity contribution in [2.75, 3.05) is 44.8 Å². The number of aliphatic carboxylic acids is 1. The molecule has 222 valence electrons. The standard InChI is InChI=1S/C26H31F5N2O7/c1-3-38-22(23(34)35)16-18-4-8-20(9-5-18)39-15-13-33(12-14-37-17-25(2,27)28)24(36)32-19-6-10-21(11-7-19)40-26(29,30)31/h4-11,22H,3,12-17H2,1-2H3,(H,32,36)(H,34,35). The Labute approximate surface area is 227 Å². The number of nitrogens with one attached hydrogen (secondary N) is 1. The Morgan fingerprint density at radius 1 is 0.950 bits per heavy atom. The normalized spacial score (nSPS) is 12.5. The number of carboxylic acids is 1. The van der Waals surface area contributed by atoms with Crippen LogP contribution in [-0.4, -0.2) is 79.9 Å². The molecule has 0 spiro atoms. The summed E-state index contributed by atoms with van der Waals surface area (Å²) in [5, 5.41) is 11.7. The number of carbonyl (C=O) groups excluding carboxylic acids is 1. The van der Waals surface area contributed by atoms with Gasteiger partial charge in [-0.25, -0.2) is 18.4 Å². The predicted molar refractivity (Wildman–Crippen MR) is 134 cm³/mol. The van der Waals surface area contributed by atoms with Gasteiger partial charge in [-0.05, 0) is 48.9 Å². The van der Waals surface area contributed by atoms with Crippen LogP contribution in [0, 0.1) is 0 Å². The van der Waals surface area contributed by atoms with E-state index >= 15 is 0 Å². The molecule has 0 saturated heterocycles. The first-order valence-electron chi connectivity index (χ1n) is 12.2. The minimum atomic E-state index is -4.86. The highest BCUT2D eigenvalue weighted by atomic mass is 19.4. The highest BCUT2D eigenvalue weighted by Crippen LogP contribution is 2.24. The van der Waals surface area contributed by atoms with Crippen LogP contribution in [0.25, 0.3) is 0 Å². The largest absolute Gasteiger partial charge is 0.573 e. The summed E-state index contributed by atoms with van der Waals surface area (Å²) in [5.41, 5.74) is 0.888. The second kappa shape index (κ2) is 15.2. The summed E-state index contributed by atoms with van der Waals surface area (Å²) in [7, 11) is 0. The molecule has 14 heteroatoms. The molecular weight excluding hydrogens is 547 g/mol. The molecule has 0 aliphatic carbocycles. The lowest BCUT2D eigenvalue weighted by Gasteiger charge is -2.24. The summed E-state index contributed by atoms with van der Waals surface area (Å²) < 4.78 is 82.7. The molecule has 2 N–H and O–H groups in total. The van der Waals surface area contributed by atoms with E-state index in [2.05, 4.69) is 10.1 Å². The van der Waals surface area contributed by atoms with Crippen LogP contribution in [0.3, 0.4) is 0 Å². The number of nitrogens with zero attached hydrogens (tertiary/aromatic N) is 1. The van der Waals surface area contributed by atoms with Gasteiger partial charge in [-0.2, -0.15) is 0 Å². The highest BCUT2D eigenvalue weighted by molar-refractivity contribution is 5.89. The van der Waals surface area contributed by atoms with Crippen molar-refractivity contribution in [1.29, 1.82) is 0 Å². The molecule has 2 aromatic rings. The lowest BCUT2D eigenvalue weighted by atomic mass is 10.1. The van der Waals surface area contributed by atoms with E-state index in [1.54, 1.807) is 31.2 Å². The van der Waals surface area contributed by atoms with E-state index in [1.165, 1.54) is 17.0 Å². The molecule has 0 aliphatic rings. The zero-order chi connectivity index (χ0) is 29.8. The van der Waals surface area contributed by atoms with Gasteiger partial charge in [0.05, 0.1) is 13.2 Å². The van der Waals surface area contributed by atoms with Gasteiger partial charge < -0.3 is 34.3 Å². The van der Waals surface area contributed by atoms with E-state index in [0.29, 0.717) is 18.2 Å². The van der Waals surface area contributed by atoms with Crippen LogP contribution in [0.1, 0.15) is 19.4 Å². The van der Waals surface area contributed by atoms with Gasteiger partial charge in [-0.15, -0.1) is 13.2 Å². The van der Waals surface area contributed by atoms with Crippen LogP contribution < -0.4 is 14.8 Å². The molecule has 1 unspecified atom stereocenters. The van der Waals surface area contributed by atoms with E-state index in [1.807, 2.05) is 0 Å². The van der Waals surface area contributed by atoms with Crippen molar-refractivity contribution in [3.05, 3.63) is 54.1 Å². The molecule has 2 aromatic carbocycles. The maximum Gasteiger partial charge on any atom is 0.573 e. The molecule has 2 amide bonds. The minimum Gasteiger partial charge on any atom is -0.492 e. The first-order valence-corrected chi connectivity index (χ1v) is 12.2. The van der Waals surface area contributed by atoms with Gasteiger partial charge in [0.25, 0.3) is 5.92 Å². The quantitative estimate of drug-likeness (QED) is 0.208. The van der Waals surface area contributed by atoms with E-state index in [4.69, 9.17) is 14.2 Å². The summed E-state index contributed by atoms with van der Waals surface area (Å²) in [6.07, 6.45) is -5.67.